The van der Waals surface area contributed by atoms with Crippen LogP contribution < -0.4 is 10.2 Å². The Labute approximate surface area is 155 Å². The van der Waals surface area contributed by atoms with Crippen molar-refractivity contribution in [2.75, 3.05) is 18.0 Å². The Hall–Kier alpha value is -2.74. The number of aryl methyl sites for hydroxylation is 1. The molecule has 1 aliphatic rings. The minimum atomic E-state index is -0.0615. The Morgan fingerprint density at radius 3 is 2.77 bits per heavy atom. The van der Waals surface area contributed by atoms with Gasteiger partial charge < -0.3 is 10.2 Å². The topological polar surface area (TPSA) is 88.8 Å². The molecule has 0 unspecified atom stereocenters. The summed E-state index contributed by atoms with van der Waals surface area (Å²) in [4.78, 5) is 22.9. The van der Waals surface area contributed by atoms with Crippen LogP contribution in [0.1, 0.15) is 12.5 Å². The molecule has 3 heterocycles. The van der Waals surface area contributed by atoms with Crippen molar-refractivity contribution < 1.29 is 4.79 Å². The lowest BCUT2D eigenvalue weighted by Crippen LogP contribution is -2.54. The number of nitrogens with zero attached hydrogens (tertiary/aromatic N) is 6. The van der Waals surface area contributed by atoms with E-state index in [1.807, 2.05) is 36.1 Å². The molecule has 1 fully saturated rings. The van der Waals surface area contributed by atoms with Gasteiger partial charge in [-0.15, -0.1) is 5.10 Å². The molecule has 0 spiro atoms. The van der Waals surface area contributed by atoms with Crippen molar-refractivity contribution in [2.45, 2.75) is 20.0 Å². The molecule has 0 aliphatic carbocycles. The molecule has 9 heteroatoms. The Morgan fingerprint density at radius 1 is 1.27 bits per heavy atom. The summed E-state index contributed by atoms with van der Waals surface area (Å²) in [7, 11) is 0. The van der Waals surface area contributed by atoms with E-state index < -0.39 is 0 Å². The highest BCUT2D eigenvalue weighted by Gasteiger charge is 2.35. The molecule has 2 aromatic heterocycles. The van der Waals surface area contributed by atoms with Crippen molar-refractivity contribution in [2.24, 2.45) is 5.92 Å². The Balaban J connectivity index is 1.37. The van der Waals surface area contributed by atoms with Gasteiger partial charge in [-0.1, -0.05) is 28.9 Å². The van der Waals surface area contributed by atoms with Crippen LogP contribution in [0.3, 0.4) is 0 Å². The van der Waals surface area contributed by atoms with Gasteiger partial charge in [0.05, 0.1) is 5.92 Å². The third kappa shape index (κ3) is 3.08. The zero-order valence-electron chi connectivity index (χ0n) is 14.3. The third-order valence-electron chi connectivity index (χ3n) is 4.51. The van der Waals surface area contributed by atoms with Gasteiger partial charge in [-0.2, -0.15) is 0 Å². The second-order valence-corrected chi connectivity index (χ2v) is 6.66. The first-order valence-electron chi connectivity index (χ1n) is 8.47. The fraction of sp³-hybridized carbons (Fsp3) is 0.353. The van der Waals surface area contributed by atoms with E-state index in [9.17, 15) is 4.79 Å². The predicted octanol–water partition coefficient (Wildman–Crippen LogP) is 1.65. The zero-order chi connectivity index (χ0) is 18.1. The van der Waals surface area contributed by atoms with Crippen LogP contribution in [0.4, 0.5) is 5.82 Å². The van der Waals surface area contributed by atoms with E-state index in [0.29, 0.717) is 42.4 Å². The van der Waals surface area contributed by atoms with Gasteiger partial charge in [0.25, 0.3) is 0 Å². The maximum atomic E-state index is 12.3. The summed E-state index contributed by atoms with van der Waals surface area (Å²) in [5.41, 5.74) is 2.41. The summed E-state index contributed by atoms with van der Waals surface area (Å²) in [5.74, 6) is 0.712. The number of benzene rings is 1. The average Bonchev–Trinajstić information content (AvgIpc) is 3.04. The number of aromatic nitrogens is 5. The van der Waals surface area contributed by atoms with E-state index in [1.165, 1.54) is 6.33 Å². The summed E-state index contributed by atoms with van der Waals surface area (Å²) >= 11 is 5.87. The maximum absolute atomic E-state index is 12.3. The Morgan fingerprint density at radius 2 is 2.04 bits per heavy atom. The maximum Gasteiger partial charge on any atom is 0.226 e. The van der Waals surface area contributed by atoms with Crippen molar-refractivity contribution in [3.05, 3.63) is 41.2 Å². The van der Waals surface area contributed by atoms with Crippen molar-refractivity contribution in [1.29, 1.82) is 0 Å². The monoisotopic (exact) mass is 371 g/mol. The first kappa shape index (κ1) is 16.7. The van der Waals surface area contributed by atoms with E-state index in [4.69, 9.17) is 11.6 Å². The zero-order valence-corrected chi connectivity index (χ0v) is 15.0. The highest BCUT2D eigenvalue weighted by molar-refractivity contribution is 6.30. The van der Waals surface area contributed by atoms with E-state index in [0.717, 1.165) is 11.4 Å². The number of anilines is 1. The minimum absolute atomic E-state index is 0.0405. The quantitative estimate of drug-likeness (QED) is 0.733. The number of rotatable bonds is 5. The number of carbonyl (C=O) groups is 1. The smallest absolute Gasteiger partial charge is 0.226 e. The van der Waals surface area contributed by atoms with Gasteiger partial charge in [0.2, 0.25) is 5.91 Å². The fourth-order valence-electron chi connectivity index (χ4n) is 2.98. The number of hydrogen-bond acceptors (Lipinski definition) is 6. The SMILES string of the molecule is CCn1nnc2c(N3CC(C(=O)NCc4ccc(Cl)cc4)C3)ncnc21. The molecule has 1 N–H and O–H groups in total. The molecule has 134 valence electrons. The van der Waals surface area contributed by atoms with Crippen LogP contribution in [0.15, 0.2) is 30.6 Å². The van der Waals surface area contributed by atoms with Crippen LogP contribution in [0.5, 0.6) is 0 Å². The second kappa shape index (κ2) is 6.87. The molecule has 0 radical (unpaired) electrons. The normalized spacial score (nSPS) is 14.5. The van der Waals surface area contributed by atoms with Crippen LogP contribution in [-0.2, 0) is 17.9 Å². The molecule has 1 aliphatic heterocycles. The lowest BCUT2D eigenvalue weighted by molar-refractivity contribution is -0.125. The van der Waals surface area contributed by atoms with Gasteiger partial charge in [0.15, 0.2) is 17.0 Å². The van der Waals surface area contributed by atoms with Gasteiger partial charge in [0, 0.05) is 31.2 Å². The standard InChI is InChI=1S/C17H18ClN7O/c1-2-25-16-14(22-23-25)15(20-10-21-16)24-8-12(9-24)17(26)19-7-11-3-5-13(18)6-4-11/h3-6,10,12H,2,7-9H2,1H3,(H,19,26). The number of carbonyl (C=O) groups excluding carboxylic acids is 1. The van der Waals surface area contributed by atoms with Gasteiger partial charge >= 0.3 is 0 Å². The molecule has 1 saturated heterocycles. The molecular formula is C17H18ClN7O. The molecule has 0 bridgehead atoms. The van der Waals surface area contributed by atoms with Gasteiger partial charge in [-0.05, 0) is 24.6 Å². The molecule has 26 heavy (non-hydrogen) atoms. The largest absolute Gasteiger partial charge is 0.353 e. The highest BCUT2D eigenvalue weighted by atomic mass is 35.5. The van der Waals surface area contributed by atoms with Gasteiger partial charge in [-0.25, -0.2) is 14.6 Å². The Kier molecular flexibility index (Phi) is 4.42. The molecule has 8 nitrogen and oxygen atoms in total. The first-order valence-corrected chi connectivity index (χ1v) is 8.84. The molecular weight excluding hydrogens is 354 g/mol. The van der Waals surface area contributed by atoms with Crippen LogP contribution in [0, 0.1) is 5.92 Å². The highest BCUT2D eigenvalue weighted by Crippen LogP contribution is 2.27. The summed E-state index contributed by atoms with van der Waals surface area (Å²) in [5, 5.41) is 11.9. The second-order valence-electron chi connectivity index (χ2n) is 6.22. The summed E-state index contributed by atoms with van der Waals surface area (Å²) in [6.07, 6.45) is 1.51. The Bertz CT molecular complexity index is 934. The minimum Gasteiger partial charge on any atom is -0.353 e. The number of halogens is 1. The summed E-state index contributed by atoms with van der Waals surface area (Å²) in [6, 6.07) is 7.45. The van der Waals surface area contributed by atoms with Crippen molar-refractivity contribution in [3.8, 4) is 0 Å². The van der Waals surface area contributed by atoms with Crippen molar-refractivity contribution in [3.63, 3.8) is 0 Å². The number of hydrogen-bond donors (Lipinski definition) is 1. The van der Waals surface area contributed by atoms with Crippen LogP contribution in [-0.4, -0.2) is 44.0 Å². The van der Waals surface area contributed by atoms with Gasteiger partial charge in [0.1, 0.15) is 6.33 Å². The molecule has 1 amide bonds. The van der Waals surface area contributed by atoms with Crippen LogP contribution in [0.2, 0.25) is 5.02 Å². The number of fused-ring (bicyclic) bond motifs is 1. The number of amides is 1. The van der Waals surface area contributed by atoms with E-state index in [1.54, 1.807) is 4.68 Å². The molecule has 3 aromatic rings. The molecule has 0 atom stereocenters. The molecule has 0 saturated carbocycles. The lowest BCUT2D eigenvalue weighted by Gasteiger charge is -2.38. The number of nitrogens with one attached hydrogen (secondary N) is 1. The van der Waals surface area contributed by atoms with E-state index in [-0.39, 0.29) is 11.8 Å². The van der Waals surface area contributed by atoms with E-state index >= 15 is 0 Å². The van der Waals surface area contributed by atoms with Crippen LogP contribution in [0.25, 0.3) is 11.2 Å². The van der Waals surface area contributed by atoms with Crippen molar-refractivity contribution >= 4 is 34.5 Å². The van der Waals surface area contributed by atoms with Crippen molar-refractivity contribution in [1.82, 2.24) is 30.3 Å². The summed E-state index contributed by atoms with van der Waals surface area (Å²) < 4.78 is 1.73. The average molecular weight is 372 g/mol. The summed E-state index contributed by atoms with van der Waals surface area (Å²) in [6.45, 7) is 4.40. The predicted molar refractivity (Wildman–Crippen MR) is 97.8 cm³/mol. The third-order valence-corrected chi connectivity index (χ3v) is 4.76. The first-order chi connectivity index (χ1) is 12.7. The van der Waals surface area contributed by atoms with Gasteiger partial charge in [-0.3, -0.25) is 4.79 Å². The van der Waals surface area contributed by atoms with Crippen LogP contribution >= 0.6 is 11.6 Å². The lowest BCUT2D eigenvalue weighted by atomic mass is 9.99. The molecule has 1 aromatic carbocycles. The fourth-order valence-corrected chi connectivity index (χ4v) is 3.10. The van der Waals surface area contributed by atoms with E-state index in [2.05, 4.69) is 25.6 Å². The molecule has 4 rings (SSSR count).